The molecule has 0 radical (unpaired) electrons. The summed E-state index contributed by atoms with van der Waals surface area (Å²) in [7, 11) is 1.94. The van der Waals surface area contributed by atoms with Crippen molar-refractivity contribution in [3.8, 4) is 0 Å². The van der Waals surface area contributed by atoms with Crippen LogP contribution in [0.3, 0.4) is 0 Å². The topological polar surface area (TPSA) is 49.8 Å². The lowest BCUT2D eigenvalue weighted by Gasteiger charge is -2.21. The molecule has 104 valence electrons. The minimum Gasteiger partial charge on any atom is -0.373 e. The molecule has 1 heterocycles. The lowest BCUT2D eigenvalue weighted by molar-refractivity contribution is 0.554. The highest BCUT2D eigenvalue weighted by Gasteiger charge is 2.29. The minimum atomic E-state index is 0.574. The molecule has 2 N–H and O–H groups in total. The Labute approximate surface area is 115 Å². The van der Waals surface area contributed by atoms with Crippen molar-refractivity contribution in [3.63, 3.8) is 0 Å². The maximum atomic E-state index is 4.78. The van der Waals surface area contributed by atoms with Gasteiger partial charge in [0, 0.05) is 24.6 Å². The molecule has 0 spiro atoms. The molecular formula is C15H24N4. The van der Waals surface area contributed by atoms with Crippen LogP contribution in [-0.2, 0) is 0 Å². The van der Waals surface area contributed by atoms with E-state index in [9.17, 15) is 0 Å². The molecule has 2 unspecified atom stereocenters. The second kappa shape index (κ2) is 4.99. The maximum absolute atomic E-state index is 4.78. The third-order valence-corrected chi connectivity index (χ3v) is 4.53. The van der Waals surface area contributed by atoms with Gasteiger partial charge in [0.15, 0.2) is 0 Å². The average molecular weight is 260 g/mol. The molecule has 2 fully saturated rings. The molecule has 3 rings (SSSR count). The summed E-state index contributed by atoms with van der Waals surface area (Å²) in [5.41, 5.74) is 1.14. The van der Waals surface area contributed by atoms with Crippen LogP contribution in [0.4, 0.5) is 11.6 Å². The summed E-state index contributed by atoms with van der Waals surface area (Å²) in [6.45, 7) is 4.44. The highest BCUT2D eigenvalue weighted by atomic mass is 15.1. The van der Waals surface area contributed by atoms with Crippen molar-refractivity contribution in [2.45, 2.75) is 57.9 Å². The number of hydrogen-bond donors (Lipinski definition) is 2. The zero-order valence-corrected chi connectivity index (χ0v) is 12.2. The minimum absolute atomic E-state index is 0.574. The molecule has 0 bridgehead atoms. The fourth-order valence-electron chi connectivity index (χ4n) is 2.98. The molecule has 0 aliphatic heterocycles. The lowest BCUT2D eigenvalue weighted by atomic mass is 10.1. The van der Waals surface area contributed by atoms with E-state index >= 15 is 0 Å². The molecule has 2 atom stereocenters. The largest absolute Gasteiger partial charge is 0.373 e. The van der Waals surface area contributed by atoms with Gasteiger partial charge in [0.2, 0.25) is 0 Å². The van der Waals surface area contributed by atoms with Crippen molar-refractivity contribution in [3.05, 3.63) is 11.4 Å². The number of hydrogen-bond acceptors (Lipinski definition) is 4. The van der Waals surface area contributed by atoms with Crippen LogP contribution in [0.25, 0.3) is 0 Å². The van der Waals surface area contributed by atoms with Gasteiger partial charge in [-0.3, -0.25) is 0 Å². The van der Waals surface area contributed by atoms with Gasteiger partial charge in [-0.2, -0.15) is 0 Å². The van der Waals surface area contributed by atoms with E-state index in [0.717, 1.165) is 28.9 Å². The van der Waals surface area contributed by atoms with Crippen molar-refractivity contribution in [2.75, 3.05) is 17.7 Å². The molecule has 0 amide bonds. The smallest absolute Gasteiger partial charge is 0.136 e. The molecule has 4 nitrogen and oxygen atoms in total. The van der Waals surface area contributed by atoms with Gasteiger partial charge < -0.3 is 10.6 Å². The monoisotopic (exact) mass is 260 g/mol. The second-order valence-corrected chi connectivity index (χ2v) is 6.09. The Bertz CT molecular complexity index is 467. The van der Waals surface area contributed by atoms with Crippen molar-refractivity contribution in [1.29, 1.82) is 0 Å². The van der Waals surface area contributed by atoms with E-state index in [1.54, 1.807) is 0 Å². The second-order valence-electron chi connectivity index (χ2n) is 6.09. The first-order valence-electron chi connectivity index (χ1n) is 7.52. The van der Waals surface area contributed by atoms with Gasteiger partial charge in [0.05, 0.1) is 0 Å². The van der Waals surface area contributed by atoms with E-state index in [-0.39, 0.29) is 0 Å². The van der Waals surface area contributed by atoms with Gasteiger partial charge >= 0.3 is 0 Å². The fourth-order valence-corrected chi connectivity index (χ4v) is 2.98. The molecule has 0 saturated heterocycles. The predicted molar refractivity (Wildman–Crippen MR) is 78.7 cm³/mol. The third kappa shape index (κ3) is 2.53. The van der Waals surface area contributed by atoms with Gasteiger partial charge in [-0.05, 0) is 38.5 Å². The molecule has 4 heteroatoms. The summed E-state index contributed by atoms with van der Waals surface area (Å²) in [5.74, 6) is 4.37. The summed E-state index contributed by atoms with van der Waals surface area (Å²) in [4.78, 5) is 9.42. The Balaban J connectivity index is 1.87. The number of anilines is 2. The predicted octanol–water partition coefficient (Wildman–Crippen LogP) is 3.30. The van der Waals surface area contributed by atoms with Crippen LogP contribution in [0.2, 0.25) is 0 Å². The van der Waals surface area contributed by atoms with E-state index in [0.29, 0.717) is 12.0 Å². The Morgan fingerprint density at radius 3 is 2.37 bits per heavy atom. The summed E-state index contributed by atoms with van der Waals surface area (Å²) in [6, 6.07) is 0.574. The highest BCUT2D eigenvalue weighted by molar-refractivity contribution is 5.57. The van der Waals surface area contributed by atoms with Crippen LogP contribution in [0.15, 0.2) is 0 Å². The normalized spacial score (nSPS) is 26.5. The summed E-state index contributed by atoms with van der Waals surface area (Å²) in [6.07, 6.45) is 6.41. The zero-order chi connectivity index (χ0) is 13.4. The van der Waals surface area contributed by atoms with Crippen LogP contribution in [0.5, 0.6) is 0 Å². The van der Waals surface area contributed by atoms with Crippen molar-refractivity contribution in [2.24, 2.45) is 5.92 Å². The van der Waals surface area contributed by atoms with Gasteiger partial charge in [-0.15, -0.1) is 0 Å². The van der Waals surface area contributed by atoms with E-state index < -0.39 is 0 Å². The van der Waals surface area contributed by atoms with Gasteiger partial charge in [0.1, 0.15) is 17.5 Å². The van der Waals surface area contributed by atoms with Crippen molar-refractivity contribution < 1.29 is 0 Å². The maximum Gasteiger partial charge on any atom is 0.136 e. The standard InChI is InChI=1S/C15H24N4/c1-9-5-4-6-12(9)17-14-10(2)13(16-3)18-15(19-14)11-7-8-11/h9,11-12H,4-8H2,1-3H3,(H2,16,17,18,19). The number of rotatable bonds is 4. The van der Waals surface area contributed by atoms with Gasteiger partial charge in [0.25, 0.3) is 0 Å². The molecule has 1 aromatic heterocycles. The van der Waals surface area contributed by atoms with E-state index in [2.05, 4.69) is 29.5 Å². The number of nitrogens with zero attached hydrogens (tertiary/aromatic N) is 2. The SMILES string of the molecule is CNc1nc(C2CC2)nc(NC2CCCC2C)c1C. The van der Waals surface area contributed by atoms with Crippen LogP contribution in [0.1, 0.15) is 56.3 Å². The Morgan fingerprint density at radius 1 is 1.05 bits per heavy atom. The molecular weight excluding hydrogens is 236 g/mol. The van der Waals surface area contributed by atoms with Crippen molar-refractivity contribution in [1.82, 2.24) is 9.97 Å². The van der Waals surface area contributed by atoms with E-state index in [1.807, 2.05) is 7.05 Å². The van der Waals surface area contributed by atoms with Crippen LogP contribution in [-0.4, -0.2) is 23.1 Å². The first kappa shape index (κ1) is 12.7. The fraction of sp³-hybridized carbons (Fsp3) is 0.733. The van der Waals surface area contributed by atoms with Gasteiger partial charge in [-0.1, -0.05) is 13.3 Å². The van der Waals surface area contributed by atoms with Crippen molar-refractivity contribution >= 4 is 11.6 Å². The summed E-state index contributed by atoms with van der Waals surface area (Å²) >= 11 is 0. The summed E-state index contributed by atoms with van der Waals surface area (Å²) in [5, 5.41) is 6.87. The van der Waals surface area contributed by atoms with E-state index in [1.165, 1.54) is 32.1 Å². The average Bonchev–Trinajstić information content (AvgIpc) is 3.17. The first-order valence-corrected chi connectivity index (χ1v) is 7.52. The van der Waals surface area contributed by atoms with Crippen LogP contribution in [0, 0.1) is 12.8 Å². The third-order valence-electron chi connectivity index (χ3n) is 4.53. The van der Waals surface area contributed by atoms with Crippen LogP contribution >= 0.6 is 0 Å². The first-order chi connectivity index (χ1) is 9.19. The number of nitrogens with one attached hydrogen (secondary N) is 2. The quantitative estimate of drug-likeness (QED) is 0.872. The molecule has 2 aliphatic rings. The molecule has 2 saturated carbocycles. The van der Waals surface area contributed by atoms with E-state index in [4.69, 9.17) is 4.98 Å². The summed E-state index contributed by atoms with van der Waals surface area (Å²) < 4.78 is 0. The lowest BCUT2D eigenvalue weighted by Crippen LogP contribution is -2.23. The molecule has 0 aromatic carbocycles. The molecule has 1 aromatic rings. The van der Waals surface area contributed by atoms with Gasteiger partial charge in [-0.25, -0.2) is 9.97 Å². The Hall–Kier alpha value is -1.32. The molecule has 19 heavy (non-hydrogen) atoms. The van der Waals surface area contributed by atoms with Crippen LogP contribution < -0.4 is 10.6 Å². The Morgan fingerprint density at radius 2 is 1.79 bits per heavy atom. The zero-order valence-electron chi connectivity index (χ0n) is 12.2. The Kier molecular flexibility index (Phi) is 3.33. The highest BCUT2D eigenvalue weighted by Crippen LogP contribution is 2.40. The molecule has 2 aliphatic carbocycles. The number of aromatic nitrogens is 2.